The Kier molecular flexibility index (Phi) is 10.1. The quantitative estimate of drug-likeness (QED) is 0.0871. The number of aromatic amines is 1. The lowest BCUT2D eigenvalue weighted by molar-refractivity contribution is -0.147. The molecule has 0 saturated carbocycles. The SMILES string of the molecule is CC(C)C[C@H](NP(=O)(OC[C@H]1O[C@@H](n2cnc3c(=O)[nH]c(N)nc32)[C@](C)(O)[C@@H]1O)Oc1cccc2ccccc12)C(=O)OCc1ccccc1. The maximum atomic E-state index is 14.7. The molecule has 0 spiro atoms. The predicted octanol–water partition coefficient (Wildman–Crippen LogP) is 3.82. The van der Waals surface area contributed by atoms with Crippen molar-refractivity contribution in [2.75, 3.05) is 12.3 Å². The molecule has 0 radical (unpaired) electrons. The number of nitrogens with zero attached hydrogens (tertiary/aromatic N) is 3. The number of hydrogen-bond donors (Lipinski definition) is 5. The minimum Gasteiger partial charge on any atom is -0.460 e. The number of rotatable bonds is 13. The number of aliphatic hydroxyl groups excluding tert-OH is 1. The second-order valence-corrected chi connectivity index (χ2v) is 14.4. The number of hydrogen-bond acceptors (Lipinski definition) is 12. The zero-order valence-electron chi connectivity index (χ0n) is 27.6. The van der Waals surface area contributed by atoms with Crippen LogP contribution in [0.1, 0.15) is 39.0 Å². The van der Waals surface area contributed by atoms with Crippen molar-refractivity contribution in [2.24, 2.45) is 5.92 Å². The lowest BCUT2D eigenvalue weighted by Crippen LogP contribution is -2.44. The van der Waals surface area contributed by atoms with Crippen LogP contribution in [0.4, 0.5) is 5.95 Å². The summed E-state index contributed by atoms with van der Waals surface area (Å²) in [7, 11) is -4.48. The summed E-state index contributed by atoms with van der Waals surface area (Å²) in [6, 6.07) is 20.6. The molecular weight excluding hydrogens is 667 g/mol. The molecule has 6 N–H and O–H groups in total. The molecule has 5 aromatic rings. The van der Waals surface area contributed by atoms with Crippen LogP contribution in [0.3, 0.4) is 0 Å². The van der Waals surface area contributed by atoms with Crippen LogP contribution in [0.15, 0.2) is 83.9 Å². The Morgan fingerprint density at radius 3 is 2.62 bits per heavy atom. The third kappa shape index (κ3) is 7.43. The fraction of sp³-hybridized carbons (Fsp3) is 0.353. The molecule has 50 heavy (non-hydrogen) atoms. The van der Waals surface area contributed by atoms with Gasteiger partial charge in [-0.25, -0.2) is 9.55 Å². The van der Waals surface area contributed by atoms with E-state index in [2.05, 4.69) is 20.0 Å². The third-order valence-electron chi connectivity index (χ3n) is 8.36. The van der Waals surface area contributed by atoms with Crippen LogP contribution >= 0.6 is 7.75 Å². The molecule has 3 heterocycles. The molecule has 0 aliphatic carbocycles. The molecule has 1 fully saturated rings. The number of imidazole rings is 1. The number of ether oxygens (including phenoxy) is 2. The number of esters is 1. The molecule has 1 aliphatic heterocycles. The summed E-state index contributed by atoms with van der Waals surface area (Å²) in [6.07, 6.45) is -2.71. The van der Waals surface area contributed by atoms with Gasteiger partial charge in [-0.2, -0.15) is 10.1 Å². The number of nitrogens with one attached hydrogen (secondary N) is 2. The first-order valence-corrected chi connectivity index (χ1v) is 17.6. The zero-order chi connectivity index (χ0) is 35.6. The minimum absolute atomic E-state index is 0.000821. The first-order valence-electron chi connectivity index (χ1n) is 16.0. The van der Waals surface area contributed by atoms with Gasteiger partial charge in [0.15, 0.2) is 17.4 Å². The Hall–Kier alpha value is -4.63. The maximum absolute atomic E-state index is 14.7. The second-order valence-electron chi connectivity index (χ2n) is 12.7. The largest absolute Gasteiger partial charge is 0.460 e. The number of H-pyrrole nitrogens is 1. The van der Waals surface area contributed by atoms with Crippen molar-refractivity contribution >= 4 is 41.6 Å². The van der Waals surface area contributed by atoms with E-state index in [1.165, 1.54) is 17.8 Å². The molecule has 1 aliphatic rings. The van der Waals surface area contributed by atoms with E-state index in [9.17, 15) is 24.4 Å². The Balaban J connectivity index is 1.28. The van der Waals surface area contributed by atoms with E-state index in [0.717, 1.165) is 10.9 Å². The van der Waals surface area contributed by atoms with E-state index < -0.39 is 56.0 Å². The van der Waals surface area contributed by atoms with E-state index in [0.29, 0.717) is 5.39 Å². The van der Waals surface area contributed by atoms with Crippen LogP contribution in [0.2, 0.25) is 0 Å². The van der Waals surface area contributed by atoms with Gasteiger partial charge in [-0.15, -0.1) is 0 Å². The molecule has 3 aromatic carbocycles. The summed E-state index contributed by atoms with van der Waals surface area (Å²) in [4.78, 5) is 36.4. The first kappa shape index (κ1) is 35.2. The number of fused-ring (bicyclic) bond motifs is 2. The molecule has 0 bridgehead atoms. The number of nitrogen functional groups attached to an aromatic ring is 1. The molecule has 2 aromatic heterocycles. The molecule has 15 nitrogen and oxygen atoms in total. The smallest absolute Gasteiger partial charge is 0.459 e. The van der Waals surface area contributed by atoms with Crippen LogP contribution in [0.25, 0.3) is 21.9 Å². The molecule has 0 amide bonds. The standard InChI is InChI=1S/C34H39N6O9P/c1-20(2)16-24(31(43)46-17-21-10-5-4-6-11-21)39-50(45,49-25-15-9-13-22-12-7-8-14-23(22)25)47-18-26-28(41)34(3,44)32(48-26)40-19-36-27-29(40)37-33(35)38-30(27)42/h4-15,19-20,24,26,28,32,41,44H,16-18H2,1-3H3,(H,39,45)(H3,35,37,38,42)/t24-,26+,28+,32+,34+,50?/m0/s1. The average molecular weight is 707 g/mol. The highest BCUT2D eigenvalue weighted by atomic mass is 31.2. The van der Waals surface area contributed by atoms with Gasteiger partial charge in [0.1, 0.15) is 36.2 Å². The number of nitrogens with two attached hydrogens (primary N) is 1. The summed E-state index contributed by atoms with van der Waals surface area (Å²) >= 11 is 0. The van der Waals surface area contributed by atoms with Gasteiger partial charge in [0.05, 0.1) is 12.9 Å². The van der Waals surface area contributed by atoms with E-state index >= 15 is 0 Å². The van der Waals surface area contributed by atoms with Crippen LogP contribution in [0, 0.1) is 5.92 Å². The monoisotopic (exact) mass is 706 g/mol. The third-order valence-corrected chi connectivity index (χ3v) is 9.92. The Bertz CT molecular complexity index is 2080. The predicted molar refractivity (Wildman–Crippen MR) is 184 cm³/mol. The number of benzene rings is 3. The topological polar surface area (TPSA) is 213 Å². The lowest BCUT2D eigenvalue weighted by atomic mass is 9.96. The second kappa shape index (κ2) is 14.3. The summed E-state index contributed by atoms with van der Waals surface area (Å²) in [6.45, 7) is 4.57. The fourth-order valence-electron chi connectivity index (χ4n) is 5.85. The number of aromatic nitrogens is 4. The van der Waals surface area contributed by atoms with E-state index in [1.54, 1.807) is 24.3 Å². The van der Waals surface area contributed by atoms with Crippen LogP contribution in [0.5, 0.6) is 5.75 Å². The Labute approximate surface area is 287 Å². The summed E-state index contributed by atoms with van der Waals surface area (Å²) in [5, 5.41) is 26.9. The molecular formula is C34H39N6O9P. The molecule has 1 saturated heterocycles. The highest BCUT2D eigenvalue weighted by Gasteiger charge is 2.54. The first-order chi connectivity index (χ1) is 23.8. The maximum Gasteiger partial charge on any atom is 0.459 e. The Morgan fingerprint density at radius 2 is 1.86 bits per heavy atom. The molecule has 6 rings (SSSR count). The molecule has 264 valence electrons. The van der Waals surface area contributed by atoms with Gasteiger partial charge in [-0.1, -0.05) is 80.6 Å². The number of anilines is 1. The van der Waals surface area contributed by atoms with Crippen molar-refractivity contribution in [1.82, 2.24) is 24.6 Å². The van der Waals surface area contributed by atoms with Crippen molar-refractivity contribution in [1.29, 1.82) is 0 Å². The van der Waals surface area contributed by atoms with Crippen LogP contribution < -0.4 is 20.9 Å². The van der Waals surface area contributed by atoms with Gasteiger partial charge in [-0.3, -0.25) is 23.7 Å². The van der Waals surface area contributed by atoms with Crippen molar-refractivity contribution < 1.29 is 38.1 Å². The number of carbonyl (C=O) groups excluding carboxylic acids is 1. The zero-order valence-corrected chi connectivity index (χ0v) is 28.5. The highest BCUT2D eigenvalue weighted by molar-refractivity contribution is 7.52. The van der Waals surface area contributed by atoms with Gasteiger partial charge in [0.2, 0.25) is 5.95 Å². The summed E-state index contributed by atoms with van der Waals surface area (Å²) in [5.41, 5.74) is 3.92. The molecule has 16 heteroatoms. The van der Waals surface area contributed by atoms with Crippen LogP contribution in [-0.4, -0.2) is 66.2 Å². The van der Waals surface area contributed by atoms with E-state index in [-0.39, 0.29) is 41.8 Å². The van der Waals surface area contributed by atoms with Gasteiger partial charge in [0.25, 0.3) is 5.56 Å². The van der Waals surface area contributed by atoms with Gasteiger partial charge < -0.3 is 29.9 Å². The lowest BCUT2D eigenvalue weighted by Gasteiger charge is -2.28. The highest BCUT2D eigenvalue weighted by Crippen LogP contribution is 2.49. The van der Waals surface area contributed by atoms with Gasteiger partial charge in [-0.05, 0) is 36.3 Å². The number of aliphatic hydroxyl groups is 2. The van der Waals surface area contributed by atoms with Crippen LogP contribution in [-0.2, 0) is 30.0 Å². The normalized spacial score (nSPS) is 22.5. The van der Waals surface area contributed by atoms with Crippen molar-refractivity contribution in [2.45, 2.75) is 63.9 Å². The van der Waals surface area contributed by atoms with Crippen molar-refractivity contribution in [3.63, 3.8) is 0 Å². The molecule has 1 unspecified atom stereocenters. The summed E-state index contributed by atoms with van der Waals surface area (Å²) < 4.78 is 39.7. The average Bonchev–Trinajstić information content (AvgIpc) is 3.60. The minimum atomic E-state index is -4.48. The van der Waals surface area contributed by atoms with Crippen molar-refractivity contribution in [3.8, 4) is 5.75 Å². The van der Waals surface area contributed by atoms with Gasteiger partial charge >= 0.3 is 13.7 Å². The number of carbonyl (C=O) groups is 1. The van der Waals surface area contributed by atoms with E-state index in [4.69, 9.17) is 24.3 Å². The van der Waals surface area contributed by atoms with Crippen molar-refractivity contribution in [3.05, 3.63) is 95.0 Å². The molecule has 6 atom stereocenters. The van der Waals surface area contributed by atoms with Gasteiger partial charge in [0, 0.05) is 5.39 Å². The Morgan fingerprint density at radius 1 is 1.14 bits per heavy atom. The summed E-state index contributed by atoms with van der Waals surface area (Å²) in [5.74, 6) is -0.658. The van der Waals surface area contributed by atoms with E-state index in [1.807, 2.05) is 62.4 Å². The fourth-order valence-corrected chi connectivity index (χ4v) is 7.39.